The third-order valence-corrected chi connectivity index (χ3v) is 5.39. The topological polar surface area (TPSA) is 132 Å². The highest BCUT2D eigenvalue weighted by atomic mass is 16.7. The fourth-order valence-electron chi connectivity index (χ4n) is 3.71. The summed E-state index contributed by atoms with van der Waals surface area (Å²) in [7, 11) is 0. The van der Waals surface area contributed by atoms with E-state index in [-0.39, 0.29) is 5.56 Å². The van der Waals surface area contributed by atoms with Gasteiger partial charge in [-0.25, -0.2) is 0 Å². The molecule has 5 atom stereocenters. The predicted molar refractivity (Wildman–Crippen MR) is 109 cm³/mol. The maximum Gasteiger partial charge on any atom is 0.255 e. The minimum atomic E-state index is -1.51. The number of aromatic nitrogens is 1. The molecule has 0 aliphatic carbocycles. The molecule has 0 radical (unpaired) electrons. The van der Waals surface area contributed by atoms with E-state index in [2.05, 4.69) is 4.98 Å². The Morgan fingerprint density at radius 1 is 1.03 bits per heavy atom. The number of H-pyrrole nitrogens is 1. The number of fused-ring (bicyclic) bond motifs is 1. The maximum absolute atomic E-state index is 12.1. The summed E-state index contributed by atoms with van der Waals surface area (Å²) in [6.07, 6.45) is -5.11. The predicted octanol–water partition coefficient (Wildman–Crippen LogP) is 0.682. The molecule has 0 amide bonds. The van der Waals surface area contributed by atoms with E-state index in [1.165, 1.54) is 0 Å². The number of aliphatic hydroxyl groups is 4. The van der Waals surface area contributed by atoms with Crippen molar-refractivity contribution < 1.29 is 29.9 Å². The lowest BCUT2D eigenvalue weighted by Crippen LogP contribution is -2.60. The number of pyridine rings is 1. The van der Waals surface area contributed by atoms with Crippen LogP contribution in [0.25, 0.3) is 21.9 Å². The number of hydrogen-bond acceptors (Lipinski definition) is 7. The molecule has 0 spiro atoms. The number of hydrogen-bond donors (Lipinski definition) is 5. The molecule has 1 aliphatic rings. The van der Waals surface area contributed by atoms with Crippen molar-refractivity contribution in [1.82, 2.24) is 4.98 Å². The Balaban J connectivity index is 1.63. The van der Waals surface area contributed by atoms with Gasteiger partial charge < -0.3 is 34.9 Å². The highest BCUT2D eigenvalue weighted by molar-refractivity contribution is 5.96. The Bertz CT molecular complexity index is 1110. The van der Waals surface area contributed by atoms with Crippen LogP contribution in [0.15, 0.2) is 53.5 Å². The van der Waals surface area contributed by atoms with Gasteiger partial charge in [-0.15, -0.1) is 0 Å². The van der Waals surface area contributed by atoms with E-state index in [9.17, 15) is 25.2 Å². The molecule has 1 fully saturated rings. The van der Waals surface area contributed by atoms with E-state index < -0.39 is 37.3 Å². The molecule has 2 heterocycles. The molecular weight excluding hydrogens is 390 g/mol. The van der Waals surface area contributed by atoms with Gasteiger partial charge in [-0.1, -0.05) is 18.2 Å². The van der Waals surface area contributed by atoms with Crippen molar-refractivity contribution in [2.45, 2.75) is 37.6 Å². The van der Waals surface area contributed by atoms with Crippen LogP contribution in [0.4, 0.5) is 0 Å². The molecule has 5 N–H and O–H groups in total. The number of rotatable bonds is 4. The third-order valence-electron chi connectivity index (χ3n) is 5.39. The van der Waals surface area contributed by atoms with Crippen LogP contribution >= 0.6 is 0 Å². The third kappa shape index (κ3) is 3.60. The summed E-state index contributed by atoms with van der Waals surface area (Å²) in [4.78, 5) is 14.7. The lowest BCUT2D eigenvalue weighted by atomic mass is 9.97. The molecule has 2 aromatic carbocycles. The quantitative estimate of drug-likeness (QED) is 0.425. The van der Waals surface area contributed by atoms with Crippen LogP contribution in [0.5, 0.6) is 5.75 Å². The van der Waals surface area contributed by atoms with Crippen LogP contribution in [-0.4, -0.2) is 62.7 Å². The zero-order chi connectivity index (χ0) is 21.4. The zero-order valence-corrected chi connectivity index (χ0v) is 16.2. The molecule has 30 heavy (non-hydrogen) atoms. The van der Waals surface area contributed by atoms with Crippen LogP contribution in [0.3, 0.4) is 0 Å². The molecule has 8 heteroatoms. The van der Waals surface area contributed by atoms with Crippen LogP contribution in [0, 0.1) is 6.92 Å². The lowest BCUT2D eigenvalue weighted by Gasteiger charge is -2.39. The Hall–Kier alpha value is -2.75. The highest BCUT2D eigenvalue weighted by Gasteiger charge is 2.44. The largest absolute Gasteiger partial charge is 0.462 e. The summed E-state index contributed by atoms with van der Waals surface area (Å²) in [5.41, 5.74) is 2.35. The van der Waals surface area contributed by atoms with Gasteiger partial charge in [-0.3, -0.25) is 4.79 Å². The monoisotopic (exact) mass is 413 g/mol. The van der Waals surface area contributed by atoms with Crippen molar-refractivity contribution in [1.29, 1.82) is 0 Å². The van der Waals surface area contributed by atoms with Crippen molar-refractivity contribution in [2.24, 2.45) is 0 Å². The second-order valence-corrected chi connectivity index (χ2v) is 7.37. The molecule has 0 saturated carbocycles. The summed E-state index contributed by atoms with van der Waals surface area (Å²) < 4.78 is 11.1. The molecule has 4 rings (SSSR count). The van der Waals surface area contributed by atoms with E-state index in [0.29, 0.717) is 11.1 Å². The Morgan fingerprint density at radius 3 is 2.57 bits per heavy atom. The van der Waals surface area contributed by atoms with Gasteiger partial charge in [0.05, 0.1) is 6.61 Å². The average Bonchev–Trinajstić information content (AvgIpc) is 2.75. The maximum atomic E-state index is 12.1. The summed E-state index contributed by atoms with van der Waals surface area (Å²) in [5, 5.41) is 40.7. The van der Waals surface area contributed by atoms with Gasteiger partial charge in [0, 0.05) is 11.6 Å². The number of aromatic amines is 1. The van der Waals surface area contributed by atoms with Crippen molar-refractivity contribution >= 4 is 10.8 Å². The molecule has 1 aromatic heterocycles. The minimum Gasteiger partial charge on any atom is -0.462 e. The van der Waals surface area contributed by atoms with Crippen molar-refractivity contribution in [3.05, 3.63) is 64.6 Å². The summed E-state index contributed by atoms with van der Waals surface area (Å²) in [6.45, 7) is 1.30. The second kappa shape index (κ2) is 8.17. The minimum absolute atomic E-state index is 0.159. The fourth-order valence-corrected chi connectivity index (χ4v) is 3.71. The second-order valence-electron chi connectivity index (χ2n) is 7.37. The molecule has 8 nitrogen and oxygen atoms in total. The van der Waals surface area contributed by atoms with E-state index in [1.807, 2.05) is 37.3 Å². The van der Waals surface area contributed by atoms with E-state index in [1.54, 1.807) is 18.3 Å². The highest BCUT2D eigenvalue weighted by Crippen LogP contribution is 2.32. The normalized spacial score (nSPS) is 26.6. The standard InChI is InChI=1S/C22H23NO7/c1-11-9-12(13-3-2-4-15-14(13)7-8-23-21(15)28)5-6-16(11)29-22-20(27)19(26)18(25)17(10-24)30-22/h2-9,17-20,22,24-27H,10H2,1H3,(H,23,28). The summed E-state index contributed by atoms with van der Waals surface area (Å²) >= 11 is 0. The molecule has 3 aromatic rings. The van der Waals surface area contributed by atoms with Gasteiger partial charge >= 0.3 is 0 Å². The number of nitrogens with one attached hydrogen (secondary N) is 1. The smallest absolute Gasteiger partial charge is 0.255 e. The molecule has 1 saturated heterocycles. The van der Waals surface area contributed by atoms with Crippen molar-refractivity contribution in [2.75, 3.05) is 6.61 Å². The molecule has 158 valence electrons. The zero-order valence-electron chi connectivity index (χ0n) is 16.2. The van der Waals surface area contributed by atoms with E-state index >= 15 is 0 Å². The van der Waals surface area contributed by atoms with Crippen molar-refractivity contribution in [3.8, 4) is 16.9 Å². The Kier molecular flexibility index (Phi) is 5.59. The fraction of sp³-hybridized carbons (Fsp3) is 0.318. The van der Waals surface area contributed by atoms with Crippen LogP contribution < -0.4 is 10.3 Å². The Morgan fingerprint density at radius 2 is 1.83 bits per heavy atom. The number of aliphatic hydroxyl groups excluding tert-OH is 4. The number of aryl methyl sites for hydroxylation is 1. The first-order valence-electron chi connectivity index (χ1n) is 9.59. The summed E-state index contributed by atoms with van der Waals surface area (Å²) in [5.74, 6) is 0.418. The number of ether oxygens (including phenoxy) is 2. The first-order chi connectivity index (χ1) is 14.4. The number of benzene rings is 2. The van der Waals surface area contributed by atoms with Gasteiger partial charge in [0.15, 0.2) is 0 Å². The van der Waals surface area contributed by atoms with Crippen LogP contribution in [0.1, 0.15) is 5.56 Å². The SMILES string of the molecule is Cc1cc(-c2cccc3c(=O)[nH]ccc23)ccc1OC1OC(CO)C(O)C(O)C1O. The van der Waals surface area contributed by atoms with Gasteiger partial charge in [-0.2, -0.15) is 0 Å². The van der Waals surface area contributed by atoms with Gasteiger partial charge in [0.1, 0.15) is 30.2 Å². The summed E-state index contributed by atoms with van der Waals surface area (Å²) in [6, 6.07) is 12.8. The Labute approximate surface area is 172 Å². The average molecular weight is 413 g/mol. The van der Waals surface area contributed by atoms with E-state index in [0.717, 1.165) is 22.1 Å². The van der Waals surface area contributed by atoms with Crippen LogP contribution in [-0.2, 0) is 4.74 Å². The van der Waals surface area contributed by atoms with Gasteiger partial charge in [-0.05, 0) is 53.3 Å². The lowest BCUT2D eigenvalue weighted by molar-refractivity contribution is -0.277. The van der Waals surface area contributed by atoms with Crippen LogP contribution in [0.2, 0.25) is 0 Å². The molecule has 0 bridgehead atoms. The molecule has 1 aliphatic heterocycles. The molecule has 5 unspecified atom stereocenters. The first-order valence-corrected chi connectivity index (χ1v) is 9.59. The van der Waals surface area contributed by atoms with E-state index in [4.69, 9.17) is 9.47 Å². The van der Waals surface area contributed by atoms with Crippen molar-refractivity contribution in [3.63, 3.8) is 0 Å². The molecular formula is C22H23NO7. The first kappa shape index (κ1) is 20.5. The van der Waals surface area contributed by atoms with Gasteiger partial charge in [0.25, 0.3) is 5.56 Å². The van der Waals surface area contributed by atoms with Gasteiger partial charge in [0.2, 0.25) is 6.29 Å².